The summed E-state index contributed by atoms with van der Waals surface area (Å²) in [5.41, 5.74) is 1.84. The van der Waals surface area contributed by atoms with Crippen molar-refractivity contribution in [2.24, 2.45) is 0 Å². The van der Waals surface area contributed by atoms with Crippen molar-refractivity contribution in [2.75, 3.05) is 51.9 Å². The molecular formula is C23H29N3O7. The van der Waals surface area contributed by atoms with Crippen LogP contribution in [0.4, 0.5) is 16.2 Å². The summed E-state index contributed by atoms with van der Waals surface area (Å²) < 4.78 is 15.4. The van der Waals surface area contributed by atoms with Crippen molar-refractivity contribution in [1.29, 1.82) is 0 Å². The molecule has 2 aromatic rings. The number of methoxy groups -OCH3 is 2. The number of ether oxygens (including phenoxy) is 3. The van der Waals surface area contributed by atoms with Crippen LogP contribution in [-0.4, -0.2) is 68.0 Å². The maximum absolute atomic E-state index is 11.9. The number of hydrogen-bond acceptors (Lipinski definition) is 8. The van der Waals surface area contributed by atoms with Crippen molar-refractivity contribution in [3.05, 3.63) is 57.6 Å². The van der Waals surface area contributed by atoms with Crippen LogP contribution in [0.1, 0.15) is 24.2 Å². The number of carbonyl (C=O) groups is 1. The lowest BCUT2D eigenvalue weighted by Crippen LogP contribution is -2.49. The Labute approximate surface area is 192 Å². The van der Waals surface area contributed by atoms with Crippen LogP contribution in [0.5, 0.6) is 11.5 Å². The molecule has 0 aliphatic carbocycles. The van der Waals surface area contributed by atoms with Gasteiger partial charge in [0.25, 0.3) is 5.69 Å². The van der Waals surface area contributed by atoms with E-state index in [1.165, 1.54) is 26.4 Å². The first-order chi connectivity index (χ1) is 15.9. The Morgan fingerprint density at radius 2 is 1.70 bits per heavy atom. The summed E-state index contributed by atoms with van der Waals surface area (Å²) in [4.78, 5) is 26.7. The predicted octanol–water partition coefficient (Wildman–Crippen LogP) is 3.17. The zero-order chi connectivity index (χ0) is 24.0. The molecule has 1 atom stereocenters. The smallest absolute Gasteiger partial charge is 0.409 e. The van der Waals surface area contributed by atoms with Gasteiger partial charge in [-0.25, -0.2) is 4.79 Å². The Balaban J connectivity index is 1.68. The summed E-state index contributed by atoms with van der Waals surface area (Å²) in [5.74, 6) is 0.623. The molecule has 1 amide bonds. The zero-order valence-electron chi connectivity index (χ0n) is 19.0. The highest BCUT2D eigenvalue weighted by atomic mass is 16.6. The molecule has 10 nitrogen and oxygen atoms in total. The van der Waals surface area contributed by atoms with Crippen LogP contribution in [0, 0.1) is 10.1 Å². The summed E-state index contributed by atoms with van der Waals surface area (Å²) in [6.07, 6.45) is -1.18. The van der Waals surface area contributed by atoms with Gasteiger partial charge in [0.05, 0.1) is 37.9 Å². The maximum Gasteiger partial charge on any atom is 0.409 e. The second-order valence-electron chi connectivity index (χ2n) is 7.58. The van der Waals surface area contributed by atoms with E-state index in [4.69, 9.17) is 14.2 Å². The molecule has 0 spiro atoms. The van der Waals surface area contributed by atoms with Gasteiger partial charge in [-0.1, -0.05) is 12.1 Å². The zero-order valence-corrected chi connectivity index (χ0v) is 19.0. The number of amides is 1. The number of aliphatic hydroxyl groups excluding tert-OH is 1. The number of nitro benzene ring substituents is 1. The van der Waals surface area contributed by atoms with E-state index in [2.05, 4.69) is 4.90 Å². The Morgan fingerprint density at radius 3 is 2.24 bits per heavy atom. The summed E-state index contributed by atoms with van der Waals surface area (Å²) in [6.45, 7) is 4.65. The quantitative estimate of drug-likeness (QED) is 0.473. The lowest BCUT2D eigenvalue weighted by Gasteiger charge is -2.35. The normalized spacial score (nSPS) is 14.5. The third-order valence-corrected chi connectivity index (χ3v) is 5.64. The first kappa shape index (κ1) is 24.1. The molecule has 1 heterocycles. The number of nitro groups is 1. The van der Waals surface area contributed by atoms with Gasteiger partial charge in [-0.2, -0.15) is 0 Å². The number of carbonyl (C=O) groups excluding carboxylic acids is 1. The van der Waals surface area contributed by atoms with Gasteiger partial charge in [0, 0.05) is 43.9 Å². The van der Waals surface area contributed by atoms with Crippen LogP contribution in [0.2, 0.25) is 0 Å². The number of hydrogen-bond donors (Lipinski definition) is 1. The Kier molecular flexibility index (Phi) is 7.94. The first-order valence-corrected chi connectivity index (χ1v) is 10.7. The Bertz CT molecular complexity index is 973. The van der Waals surface area contributed by atoms with E-state index in [0.717, 1.165) is 5.69 Å². The number of benzene rings is 2. The largest absolute Gasteiger partial charge is 0.493 e. The highest BCUT2D eigenvalue weighted by Crippen LogP contribution is 2.36. The molecular weight excluding hydrogens is 430 g/mol. The molecule has 2 aromatic carbocycles. The molecule has 1 N–H and O–H groups in total. The van der Waals surface area contributed by atoms with Crippen molar-refractivity contribution in [3.63, 3.8) is 0 Å². The molecule has 1 unspecified atom stereocenters. The molecule has 1 saturated heterocycles. The number of piperazine rings is 1. The van der Waals surface area contributed by atoms with Crippen LogP contribution >= 0.6 is 0 Å². The van der Waals surface area contributed by atoms with Crippen molar-refractivity contribution in [2.45, 2.75) is 19.4 Å². The molecule has 33 heavy (non-hydrogen) atoms. The van der Waals surface area contributed by atoms with E-state index in [-0.39, 0.29) is 24.0 Å². The number of nitrogens with zero attached hydrogens (tertiary/aromatic N) is 3. The fourth-order valence-corrected chi connectivity index (χ4v) is 3.84. The minimum absolute atomic E-state index is 0.0498. The maximum atomic E-state index is 11.9. The first-order valence-electron chi connectivity index (χ1n) is 10.7. The molecule has 1 aliphatic heterocycles. The standard InChI is InChI=1S/C23H29N3O7/c1-4-33-23(28)25-11-9-24(10-12-25)18-7-5-16(6-8-18)20(27)13-17-14-21(31-2)22(32-3)15-19(17)26(29)30/h5-8,14-15,20,27H,4,9-13H2,1-3H3. The third kappa shape index (κ3) is 5.64. The topological polar surface area (TPSA) is 115 Å². The molecule has 1 aliphatic rings. The van der Waals surface area contributed by atoms with Crippen LogP contribution in [0.25, 0.3) is 0 Å². The molecule has 0 bridgehead atoms. The Morgan fingerprint density at radius 1 is 1.09 bits per heavy atom. The second kappa shape index (κ2) is 10.9. The fraction of sp³-hybridized carbons (Fsp3) is 0.435. The number of anilines is 1. The summed E-state index contributed by atoms with van der Waals surface area (Å²) in [5, 5.41) is 22.3. The fourth-order valence-electron chi connectivity index (χ4n) is 3.84. The highest BCUT2D eigenvalue weighted by molar-refractivity contribution is 5.68. The van der Waals surface area contributed by atoms with E-state index in [1.807, 2.05) is 24.3 Å². The summed E-state index contributed by atoms with van der Waals surface area (Å²) in [6, 6.07) is 10.3. The van der Waals surface area contributed by atoms with Crippen molar-refractivity contribution >= 4 is 17.5 Å². The third-order valence-electron chi connectivity index (χ3n) is 5.64. The van der Waals surface area contributed by atoms with Crippen molar-refractivity contribution in [1.82, 2.24) is 4.90 Å². The highest BCUT2D eigenvalue weighted by Gasteiger charge is 2.24. The average Bonchev–Trinajstić information content (AvgIpc) is 2.83. The minimum Gasteiger partial charge on any atom is -0.493 e. The van der Waals surface area contributed by atoms with E-state index in [1.54, 1.807) is 11.8 Å². The van der Waals surface area contributed by atoms with E-state index in [0.29, 0.717) is 49.7 Å². The lowest BCUT2D eigenvalue weighted by atomic mass is 9.99. The average molecular weight is 459 g/mol. The monoisotopic (exact) mass is 459 g/mol. The van der Waals surface area contributed by atoms with Gasteiger partial charge >= 0.3 is 6.09 Å². The van der Waals surface area contributed by atoms with Gasteiger partial charge in [-0.05, 0) is 30.7 Å². The van der Waals surface area contributed by atoms with Crippen molar-refractivity contribution in [3.8, 4) is 11.5 Å². The van der Waals surface area contributed by atoms with Crippen LogP contribution in [0.15, 0.2) is 36.4 Å². The number of rotatable bonds is 8. The van der Waals surface area contributed by atoms with Gasteiger partial charge in [-0.3, -0.25) is 10.1 Å². The minimum atomic E-state index is -0.934. The summed E-state index contributed by atoms with van der Waals surface area (Å²) >= 11 is 0. The molecule has 0 aromatic heterocycles. The van der Waals surface area contributed by atoms with Crippen molar-refractivity contribution < 1.29 is 29.0 Å². The van der Waals surface area contributed by atoms with Gasteiger partial charge < -0.3 is 29.1 Å². The molecule has 0 radical (unpaired) electrons. The van der Waals surface area contributed by atoms with Crippen LogP contribution < -0.4 is 14.4 Å². The van der Waals surface area contributed by atoms with Gasteiger partial charge in [0.15, 0.2) is 11.5 Å². The van der Waals surface area contributed by atoms with Gasteiger partial charge in [0.2, 0.25) is 0 Å². The van der Waals surface area contributed by atoms with E-state index >= 15 is 0 Å². The number of aliphatic hydroxyl groups is 1. The second-order valence-corrected chi connectivity index (χ2v) is 7.58. The van der Waals surface area contributed by atoms with E-state index < -0.39 is 11.0 Å². The van der Waals surface area contributed by atoms with E-state index in [9.17, 15) is 20.0 Å². The molecule has 1 fully saturated rings. The Hall–Kier alpha value is -3.53. The molecule has 3 rings (SSSR count). The SMILES string of the molecule is CCOC(=O)N1CCN(c2ccc(C(O)Cc3cc(OC)c(OC)cc3[N+](=O)[O-])cc2)CC1. The van der Waals surface area contributed by atoms with Crippen LogP contribution in [-0.2, 0) is 11.2 Å². The predicted molar refractivity (Wildman–Crippen MR) is 122 cm³/mol. The lowest BCUT2D eigenvalue weighted by molar-refractivity contribution is -0.385. The molecule has 0 saturated carbocycles. The van der Waals surface area contributed by atoms with Crippen LogP contribution in [0.3, 0.4) is 0 Å². The molecule has 10 heteroatoms. The summed E-state index contributed by atoms with van der Waals surface area (Å²) in [7, 11) is 2.86. The van der Waals surface area contributed by atoms with Gasteiger partial charge in [-0.15, -0.1) is 0 Å². The van der Waals surface area contributed by atoms with Gasteiger partial charge in [0.1, 0.15) is 0 Å². The molecule has 178 valence electrons.